The zero-order valence-electron chi connectivity index (χ0n) is 12.2. The number of rotatable bonds is 7. The molecule has 0 saturated heterocycles. The van der Waals surface area contributed by atoms with Crippen LogP contribution in [0.1, 0.15) is 19.4 Å². The molecule has 0 saturated carbocycles. The Balaban J connectivity index is 2.98. The largest absolute Gasteiger partial charge is 0.493 e. The van der Waals surface area contributed by atoms with Gasteiger partial charge in [0.2, 0.25) is 0 Å². The van der Waals surface area contributed by atoms with Crippen molar-refractivity contribution in [3.05, 3.63) is 22.7 Å². The summed E-state index contributed by atoms with van der Waals surface area (Å²) in [6.07, 6.45) is -0.647. The average molecular weight is 301 g/mol. The second-order valence-corrected chi connectivity index (χ2v) is 4.67. The summed E-state index contributed by atoms with van der Waals surface area (Å²) in [5.41, 5.74) is 0.994. The van der Waals surface area contributed by atoms with Crippen LogP contribution in [0, 0.1) is 0 Å². The highest BCUT2D eigenvalue weighted by molar-refractivity contribution is 6.32. The van der Waals surface area contributed by atoms with E-state index < -0.39 is 6.10 Å². The number of hydrogen-bond acceptors (Lipinski definition) is 4. The SMILES string of the molecule is CCNCc1cc(Cl)c(OC(C)C(=O)NC)c(OC)c1. The van der Waals surface area contributed by atoms with Gasteiger partial charge in [-0.05, 0) is 31.2 Å². The molecule has 0 aliphatic rings. The molecule has 0 radical (unpaired) electrons. The molecule has 1 aromatic carbocycles. The van der Waals surface area contributed by atoms with Crippen molar-refractivity contribution in [3.8, 4) is 11.5 Å². The van der Waals surface area contributed by atoms with Gasteiger partial charge in [0.1, 0.15) is 0 Å². The molecule has 1 atom stereocenters. The van der Waals surface area contributed by atoms with Crippen molar-refractivity contribution >= 4 is 17.5 Å². The Morgan fingerprint density at radius 2 is 2.15 bits per heavy atom. The Morgan fingerprint density at radius 1 is 1.45 bits per heavy atom. The molecule has 20 heavy (non-hydrogen) atoms. The summed E-state index contributed by atoms with van der Waals surface area (Å²) in [6, 6.07) is 3.65. The highest BCUT2D eigenvalue weighted by Crippen LogP contribution is 2.37. The van der Waals surface area contributed by atoms with Crippen molar-refractivity contribution in [2.24, 2.45) is 0 Å². The predicted molar refractivity (Wildman–Crippen MR) is 79.5 cm³/mol. The number of carbonyl (C=O) groups excluding carboxylic acids is 1. The van der Waals surface area contributed by atoms with Gasteiger partial charge in [0, 0.05) is 13.6 Å². The lowest BCUT2D eigenvalue weighted by molar-refractivity contribution is -0.126. The minimum atomic E-state index is -0.647. The van der Waals surface area contributed by atoms with Crippen molar-refractivity contribution in [2.45, 2.75) is 26.5 Å². The van der Waals surface area contributed by atoms with Gasteiger partial charge in [0.15, 0.2) is 17.6 Å². The zero-order chi connectivity index (χ0) is 15.1. The van der Waals surface area contributed by atoms with Crippen molar-refractivity contribution in [3.63, 3.8) is 0 Å². The summed E-state index contributed by atoms with van der Waals surface area (Å²) in [5, 5.41) is 6.16. The van der Waals surface area contributed by atoms with Gasteiger partial charge < -0.3 is 20.1 Å². The summed E-state index contributed by atoms with van der Waals surface area (Å²) in [4.78, 5) is 11.5. The highest BCUT2D eigenvalue weighted by Gasteiger charge is 2.18. The molecule has 2 N–H and O–H groups in total. The number of ether oxygens (including phenoxy) is 2. The van der Waals surface area contributed by atoms with E-state index in [2.05, 4.69) is 10.6 Å². The molecule has 0 heterocycles. The van der Waals surface area contributed by atoms with E-state index in [1.165, 1.54) is 0 Å². The normalized spacial score (nSPS) is 11.8. The molecule has 0 aromatic heterocycles. The standard InChI is InChI=1S/C14H21ClN2O3/c1-5-17-8-10-6-11(15)13(12(7-10)19-4)20-9(2)14(18)16-3/h6-7,9,17H,5,8H2,1-4H3,(H,16,18). The van der Waals surface area contributed by atoms with E-state index in [0.29, 0.717) is 23.1 Å². The molecular weight excluding hydrogens is 280 g/mol. The Morgan fingerprint density at radius 3 is 2.70 bits per heavy atom. The third-order valence-corrected chi connectivity index (χ3v) is 3.06. The topological polar surface area (TPSA) is 59.6 Å². The third-order valence-electron chi connectivity index (χ3n) is 2.78. The smallest absolute Gasteiger partial charge is 0.260 e. The van der Waals surface area contributed by atoms with Crippen molar-refractivity contribution in [1.29, 1.82) is 0 Å². The van der Waals surface area contributed by atoms with Crippen molar-refractivity contribution in [1.82, 2.24) is 10.6 Å². The van der Waals surface area contributed by atoms with E-state index in [9.17, 15) is 4.79 Å². The van der Waals surface area contributed by atoms with Crippen LogP contribution >= 0.6 is 11.6 Å². The molecule has 0 aliphatic heterocycles. The number of hydrogen-bond donors (Lipinski definition) is 2. The molecule has 112 valence electrons. The fourth-order valence-corrected chi connectivity index (χ4v) is 1.97. The number of methoxy groups -OCH3 is 1. The lowest BCUT2D eigenvalue weighted by atomic mass is 10.2. The van der Waals surface area contributed by atoms with Crippen LogP contribution in [-0.2, 0) is 11.3 Å². The highest BCUT2D eigenvalue weighted by atomic mass is 35.5. The molecular formula is C14H21ClN2O3. The van der Waals surface area contributed by atoms with E-state index in [-0.39, 0.29) is 5.91 Å². The molecule has 1 rings (SSSR count). The number of carbonyl (C=O) groups is 1. The molecule has 1 amide bonds. The maximum Gasteiger partial charge on any atom is 0.260 e. The monoisotopic (exact) mass is 300 g/mol. The third kappa shape index (κ3) is 4.28. The van der Waals surface area contributed by atoms with Crippen LogP contribution in [0.15, 0.2) is 12.1 Å². The minimum absolute atomic E-state index is 0.222. The summed E-state index contributed by atoms with van der Waals surface area (Å²) >= 11 is 6.22. The Bertz CT molecular complexity index is 466. The van der Waals surface area contributed by atoms with E-state index >= 15 is 0 Å². The van der Waals surface area contributed by atoms with Crippen LogP contribution in [0.4, 0.5) is 0 Å². The van der Waals surface area contributed by atoms with Gasteiger partial charge in [-0.25, -0.2) is 0 Å². The summed E-state index contributed by atoms with van der Waals surface area (Å²) in [6.45, 7) is 5.24. The van der Waals surface area contributed by atoms with Gasteiger partial charge in [-0.15, -0.1) is 0 Å². The van der Waals surface area contributed by atoms with Gasteiger partial charge in [-0.1, -0.05) is 18.5 Å². The molecule has 0 aliphatic carbocycles. The van der Waals surface area contributed by atoms with Crippen molar-refractivity contribution in [2.75, 3.05) is 20.7 Å². The molecule has 1 unspecified atom stereocenters. The van der Waals surface area contributed by atoms with E-state index in [1.807, 2.05) is 13.0 Å². The van der Waals surface area contributed by atoms with Crippen LogP contribution < -0.4 is 20.1 Å². The lowest BCUT2D eigenvalue weighted by Crippen LogP contribution is -2.33. The fourth-order valence-electron chi connectivity index (χ4n) is 1.69. The van der Waals surface area contributed by atoms with Gasteiger partial charge in [0.05, 0.1) is 12.1 Å². The molecule has 5 nitrogen and oxygen atoms in total. The Hall–Kier alpha value is -1.46. The summed E-state index contributed by atoms with van der Waals surface area (Å²) < 4.78 is 10.9. The second kappa shape index (κ2) is 7.97. The van der Waals surface area contributed by atoms with Gasteiger partial charge in [0.25, 0.3) is 5.91 Å². The first kappa shape index (κ1) is 16.6. The van der Waals surface area contributed by atoms with Gasteiger partial charge in [-0.2, -0.15) is 0 Å². The van der Waals surface area contributed by atoms with Gasteiger partial charge in [-0.3, -0.25) is 4.79 Å². The Kier molecular flexibility index (Phi) is 6.61. The molecule has 0 fully saturated rings. The number of nitrogens with one attached hydrogen (secondary N) is 2. The van der Waals surface area contributed by atoms with Gasteiger partial charge >= 0.3 is 0 Å². The average Bonchev–Trinajstić information content (AvgIpc) is 2.46. The lowest BCUT2D eigenvalue weighted by Gasteiger charge is -2.18. The Labute approximate surface area is 124 Å². The molecule has 1 aromatic rings. The van der Waals surface area contributed by atoms with Crippen molar-refractivity contribution < 1.29 is 14.3 Å². The summed E-state index contributed by atoms with van der Waals surface area (Å²) in [7, 11) is 3.10. The van der Waals surface area contributed by atoms with Crippen LogP contribution in [0.2, 0.25) is 5.02 Å². The fraction of sp³-hybridized carbons (Fsp3) is 0.500. The minimum Gasteiger partial charge on any atom is -0.493 e. The number of benzene rings is 1. The number of halogens is 1. The van der Waals surface area contributed by atoms with Crippen LogP contribution in [0.5, 0.6) is 11.5 Å². The quantitative estimate of drug-likeness (QED) is 0.808. The predicted octanol–water partition coefficient (Wildman–Crippen LogP) is 1.97. The first-order valence-corrected chi connectivity index (χ1v) is 6.86. The van der Waals surface area contributed by atoms with Crippen LogP contribution in [0.3, 0.4) is 0 Å². The molecule has 6 heteroatoms. The number of likely N-dealkylation sites (N-methyl/N-ethyl adjacent to an activating group) is 1. The van der Waals surface area contributed by atoms with Crippen LogP contribution in [0.25, 0.3) is 0 Å². The second-order valence-electron chi connectivity index (χ2n) is 4.26. The zero-order valence-corrected chi connectivity index (χ0v) is 13.0. The van der Waals surface area contributed by atoms with Crippen LogP contribution in [-0.4, -0.2) is 32.7 Å². The van der Waals surface area contributed by atoms with E-state index in [1.54, 1.807) is 27.1 Å². The maximum atomic E-state index is 11.5. The number of amides is 1. The van der Waals surface area contributed by atoms with E-state index in [0.717, 1.165) is 12.1 Å². The maximum absolute atomic E-state index is 11.5. The first-order valence-electron chi connectivity index (χ1n) is 6.48. The van der Waals surface area contributed by atoms with E-state index in [4.69, 9.17) is 21.1 Å². The molecule has 0 bridgehead atoms. The summed E-state index contributed by atoms with van der Waals surface area (Å²) in [5.74, 6) is 0.673. The first-order chi connectivity index (χ1) is 9.53. The molecule has 0 spiro atoms.